The number of aryl methyl sites for hydroxylation is 1. The fourth-order valence-corrected chi connectivity index (χ4v) is 3.13. The van der Waals surface area contributed by atoms with E-state index in [1.165, 1.54) is 0 Å². The number of nitrogens with zero attached hydrogens (tertiary/aromatic N) is 1. The molecule has 0 aliphatic carbocycles. The lowest BCUT2D eigenvalue weighted by Crippen LogP contribution is -2.32. The summed E-state index contributed by atoms with van der Waals surface area (Å²) in [4.78, 5) is 0. The van der Waals surface area contributed by atoms with Crippen molar-refractivity contribution in [2.24, 2.45) is 0 Å². The van der Waals surface area contributed by atoms with E-state index in [1.54, 1.807) is 7.11 Å². The predicted molar refractivity (Wildman–Crippen MR) is 107 cm³/mol. The molecule has 0 fully saturated rings. The van der Waals surface area contributed by atoms with E-state index < -0.39 is 6.10 Å². The van der Waals surface area contributed by atoms with Crippen molar-refractivity contribution in [1.29, 1.82) is 0 Å². The van der Waals surface area contributed by atoms with Gasteiger partial charge in [0.05, 0.1) is 23.7 Å². The second kappa shape index (κ2) is 9.39. The number of fused-ring (bicyclic) bond motifs is 1. The zero-order valence-electron chi connectivity index (χ0n) is 15.9. The zero-order valence-corrected chi connectivity index (χ0v) is 15.9. The molecule has 27 heavy (non-hydrogen) atoms. The summed E-state index contributed by atoms with van der Waals surface area (Å²) in [7, 11) is 1.68. The minimum atomic E-state index is -0.588. The molecule has 0 aliphatic heterocycles. The van der Waals surface area contributed by atoms with Crippen LogP contribution in [0.2, 0.25) is 0 Å². The molecule has 0 saturated heterocycles. The summed E-state index contributed by atoms with van der Waals surface area (Å²) in [6.07, 6.45) is 1.08. The summed E-state index contributed by atoms with van der Waals surface area (Å²) >= 11 is 0. The average molecular weight is 369 g/mol. The Kier molecular flexibility index (Phi) is 6.68. The number of aliphatic hydroxyl groups is 1. The number of ether oxygens (including phenoxy) is 2. The first-order chi connectivity index (χ1) is 13.2. The van der Waals surface area contributed by atoms with E-state index in [-0.39, 0.29) is 6.61 Å². The van der Waals surface area contributed by atoms with E-state index in [0.717, 1.165) is 53.0 Å². The SMILES string of the molecule is CCc1n[nH]c2cccc(OCC(O)CNCCc3ccccc3OC)c12. The highest BCUT2D eigenvalue weighted by molar-refractivity contribution is 5.87. The lowest BCUT2D eigenvalue weighted by molar-refractivity contribution is 0.107. The number of H-pyrrole nitrogens is 1. The van der Waals surface area contributed by atoms with Gasteiger partial charge in [-0.15, -0.1) is 0 Å². The number of benzene rings is 2. The summed E-state index contributed by atoms with van der Waals surface area (Å²) in [6, 6.07) is 13.8. The van der Waals surface area contributed by atoms with Crippen LogP contribution in [0.25, 0.3) is 10.9 Å². The zero-order chi connectivity index (χ0) is 19.1. The Morgan fingerprint density at radius 1 is 1.15 bits per heavy atom. The highest BCUT2D eigenvalue weighted by atomic mass is 16.5. The van der Waals surface area contributed by atoms with Crippen LogP contribution in [0.3, 0.4) is 0 Å². The third-order valence-corrected chi connectivity index (χ3v) is 4.54. The molecule has 1 heterocycles. The van der Waals surface area contributed by atoms with Crippen molar-refractivity contribution in [1.82, 2.24) is 15.5 Å². The maximum atomic E-state index is 10.2. The quantitative estimate of drug-likeness (QED) is 0.479. The van der Waals surface area contributed by atoms with Gasteiger partial charge in [0.1, 0.15) is 24.2 Å². The number of nitrogens with one attached hydrogen (secondary N) is 2. The fourth-order valence-electron chi connectivity index (χ4n) is 3.13. The molecular weight excluding hydrogens is 342 g/mol. The van der Waals surface area contributed by atoms with Gasteiger partial charge in [-0.1, -0.05) is 31.2 Å². The molecule has 3 rings (SSSR count). The van der Waals surface area contributed by atoms with Crippen LogP contribution in [0.1, 0.15) is 18.2 Å². The number of para-hydroxylation sites is 1. The average Bonchev–Trinajstić information content (AvgIpc) is 3.13. The number of rotatable bonds is 10. The highest BCUT2D eigenvalue weighted by Crippen LogP contribution is 2.27. The molecular formula is C21H27N3O3. The van der Waals surface area contributed by atoms with Gasteiger partial charge in [0.2, 0.25) is 0 Å². The summed E-state index contributed by atoms with van der Waals surface area (Å²) in [5.41, 5.74) is 3.08. The summed E-state index contributed by atoms with van der Waals surface area (Å²) in [5, 5.41) is 21.8. The van der Waals surface area contributed by atoms with E-state index >= 15 is 0 Å². The summed E-state index contributed by atoms with van der Waals surface area (Å²) < 4.78 is 11.2. The molecule has 2 aromatic carbocycles. The molecule has 144 valence electrons. The Balaban J connectivity index is 1.46. The van der Waals surface area contributed by atoms with Crippen LogP contribution in [-0.4, -0.2) is 48.2 Å². The normalized spacial score (nSPS) is 12.3. The van der Waals surface area contributed by atoms with Crippen LogP contribution in [0.15, 0.2) is 42.5 Å². The number of aliphatic hydroxyl groups excluding tert-OH is 1. The van der Waals surface area contributed by atoms with E-state index in [2.05, 4.69) is 28.5 Å². The van der Waals surface area contributed by atoms with Crippen molar-refractivity contribution in [3.63, 3.8) is 0 Å². The third-order valence-electron chi connectivity index (χ3n) is 4.54. The molecule has 1 unspecified atom stereocenters. The van der Waals surface area contributed by atoms with Gasteiger partial charge in [0.25, 0.3) is 0 Å². The van der Waals surface area contributed by atoms with E-state index in [9.17, 15) is 5.11 Å². The Labute approximate surface area is 159 Å². The topological polar surface area (TPSA) is 79.4 Å². The molecule has 0 amide bonds. The minimum absolute atomic E-state index is 0.231. The molecule has 3 aromatic rings. The fraction of sp³-hybridized carbons (Fsp3) is 0.381. The molecule has 3 N–H and O–H groups in total. The van der Waals surface area contributed by atoms with Gasteiger partial charge in [0.15, 0.2) is 0 Å². The van der Waals surface area contributed by atoms with Crippen LogP contribution in [0.4, 0.5) is 0 Å². The van der Waals surface area contributed by atoms with Crippen LogP contribution in [0, 0.1) is 0 Å². The number of aromatic nitrogens is 2. The van der Waals surface area contributed by atoms with Crippen LogP contribution >= 0.6 is 0 Å². The van der Waals surface area contributed by atoms with Crippen molar-refractivity contribution < 1.29 is 14.6 Å². The first-order valence-electron chi connectivity index (χ1n) is 9.32. The Hall–Kier alpha value is -2.57. The first kappa shape index (κ1) is 19.2. The largest absolute Gasteiger partial charge is 0.496 e. The van der Waals surface area contributed by atoms with Gasteiger partial charge in [0, 0.05) is 6.54 Å². The number of methoxy groups -OCH3 is 1. The smallest absolute Gasteiger partial charge is 0.130 e. The van der Waals surface area contributed by atoms with Gasteiger partial charge >= 0.3 is 0 Å². The van der Waals surface area contributed by atoms with Crippen LogP contribution < -0.4 is 14.8 Å². The van der Waals surface area contributed by atoms with Crippen LogP contribution in [0.5, 0.6) is 11.5 Å². The van der Waals surface area contributed by atoms with Crippen molar-refractivity contribution in [3.8, 4) is 11.5 Å². The lowest BCUT2D eigenvalue weighted by Gasteiger charge is -2.14. The van der Waals surface area contributed by atoms with Crippen LogP contribution in [-0.2, 0) is 12.8 Å². The van der Waals surface area contributed by atoms with Crippen molar-refractivity contribution >= 4 is 10.9 Å². The summed E-state index contributed by atoms with van der Waals surface area (Å²) in [6.45, 7) is 3.52. The molecule has 1 atom stereocenters. The van der Waals surface area contributed by atoms with Crippen molar-refractivity contribution in [3.05, 3.63) is 53.7 Å². The Morgan fingerprint density at radius 3 is 2.78 bits per heavy atom. The van der Waals surface area contributed by atoms with Crippen molar-refractivity contribution in [2.75, 3.05) is 26.8 Å². The molecule has 0 spiro atoms. The minimum Gasteiger partial charge on any atom is -0.496 e. The van der Waals surface area contributed by atoms with E-state index in [4.69, 9.17) is 9.47 Å². The number of aromatic amines is 1. The molecule has 6 heteroatoms. The van der Waals surface area contributed by atoms with E-state index in [0.29, 0.717) is 6.54 Å². The maximum Gasteiger partial charge on any atom is 0.130 e. The van der Waals surface area contributed by atoms with Gasteiger partial charge < -0.3 is 19.9 Å². The standard InChI is InChI=1S/C21H27N3O3/c1-3-17-21-18(24-23-17)8-6-10-20(21)27-14-16(25)13-22-12-11-15-7-4-5-9-19(15)26-2/h4-10,16,22,25H,3,11-14H2,1-2H3,(H,23,24). The lowest BCUT2D eigenvalue weighted by atomic mass is 10.1. The van der Waals surface area contributed by atoms with Gasteiger partial charge in [-0.25, -0.2) is 0 Å². The van der Waals surface area contributed by atoms with Gasteiger partial charge in [-0.3, -0.25) is 5.10 Å². The Bertz CT molecular complexity index is 863. The maximum absolute atomic E-state index is 10.2. The first-order valence-corrected chi connectivity index (χ1v) is 9.32. The summed E-state index contributed by atoms with van der Waals surface area (Å²) in [5.74, 6) is 1.65. The van der Waals surface area contributed by atoms with Gasteiger partial charge in [-0.05, 0) is 43.1 Å². The monoisotopic (exact) mass is 369 g/mol. The molecule has 1 aromatic heterocycles. The number of hydrogen-bond donors (Lipinski definition) is 3. The second-order valence-electron chi connectivity index (χ2n) is 6.43. The van der Waals surface area contributed by atoms with E-state index in [1.807, 2.05) is 36.4 Å². The molecule has 0 saturated carbocycles. The van der Waals surface area contributed by atoms with Crippen molar-refractivity contribution in [2.45, 2.75) is 25.9 Å². The predicted octanol–water partition coefficient (Wildman–Crippen LogP) is 2.71. The highest BCUT2D eigenvalue weighted by Gasteiger charge is 2.12. The molecule has 0 aliphatic rings. The van der Waals surface area contributed by atoms with Gasteiger partial charge in [-0.2, -0.15) is 5.10 Å². The number of hydrogen-bond acceptors (Lipinski definition) is 5. The molecule has 0 radical (unpaired) electrons. The third kappa shape index (κ3) is 4.78. The second-order valence-corrected chi connectivity index (χ2v) is 6.43. The molecule has 6 nitrogen and oxygen atoms in total. The molecule has 0 bridgehead atoms. The Morgan fingerprint density at radius 2 is 1.96 bits per heavy atom.